The number of likely N-dealkylation sites (tertiary alicyclic amines) is 1. The van der Waals surface area contributed by atoms with E-state index in [1.165, 1.54) is 0 Å². The van der Waals surface area contributed by atoms with E-state index >= 15 is 0 Å². The predicted octanol–water partition coefficient (Wildman–Crippen LogP) is 2.82. The highest BCUT2D eigenvalue weighted by Crippen LogP contribution is 2.31. The van der Waals surface area contributed by atoms with Gasteiger partial charge in [-0.1, -0.05) is 49.4 Å². The molecule has 3 aromatic rings. The second-order valence-electron chi connectivity index (χ2n) is 10.8. The molecule has 0 unspecified atom stereocenters. The normalized spacial score (nSPS) is 20.4. The van der Waals surface area contributed by atoms with Gasteiger partial charge in [0.2, 0.25) is 15.9 Å². The number of piperidine rings is 1. The molecule has 5 rings (SSSR count). The minimum absolute atomic E-state index is 0.0329. The summed E-state index contributed by atoms with van der Waals surface area (Å²) in [6.45, 7) is 8.81. The fraction of sp³-hybridized carbons (Fsp3) is 0.400. The smallest absolute Gasteiger partial charge is 0.255 e. The number of rotatable bonds is 7. The first-order chi connectivity index (χ1) is 19.2. The highest BCUT2D eigenvalue weighted by atomic mass is 32.2. The Morgan fingerprint density at radius 3 is 2.38 bits per heavy atom. The molecule has 2 fully saturated rings. The Bertz CT molecular complexity index is 1500. The van der Waals surface area contributed by atoms with Crippen LogP contribution in [0.1, 0.15) is 29.3 Å². The van der Waals surface area contributed by atoms with E-state index in [9.17, 15) is 18.0 Å². The Balaban J connectivity index is 1.29. The van der Waals surface area contributed by atoms with Gasteiger partial charge in [0.1, 0.15) is 0 Å². The number of hydrogen-bond donors (Lipinski definition) is 3. The van der Waals surface area contributed by atoms with Crippen molar-refractivity contribution in [1.82, 2.24) is 19.8 Å². The molecule has 3 aromatic carbocycles. The number of hydrogen-bond acceptors (Lipinski definition) is 6. The van der Waals surface area contributed by atoms with Gasteiger partial charge < -0.3 is 15.5 Å². The van der Waals surface area contributed by atoms with Gasteiger partial charge >= 0.3 is 0 Å². The third-order valence-corrected chi connectivity index (χ3v) is 9.49. The molecular weight excluding hydrogens is 526 g/mol. The van der Waals surface area contributed by atoms with E-state index in [-0.39, 0.29) is 28.7 Å². The molecule has 212 valence electrons. The predicted molar refractivity (Wildman–Crippen MR) is 157 cm³/mol. The summed E-state index contributed by atoms with van der Waals surface area (Å²) in [6, 6.07) is 17.4. The first-order valence-electron chi connectivity index (χ1n) is 13.8. The van der Waals surface area contributed by atoms with Gasteiger partial charge in [0.15, 0.2) is 0 Å². The number of nitrogens with zero attached hydrogens (tertiary/aromatic N) is 2. The lowest BCUT2D eigenvalue weighted by atomic mass is 9.95. The van der Waals surface area contributed by atoms with E-state index in [1.807, 2.05) is 49.1 Å². The van der Waals surface area contributed by atoms with E-state index in [2.05, 4.69) is 20.3 Å². The number of benzene rings is 3. The lowest BCUT2D eigenvalue weighted by Crippen LogP contribution is -2.54. The van der Waals surface area contributed by atoms with Gasteiger partial charge in [-0.2, -0.15) is 0 Å². The number of fused-ring (bicyclic) bond motifs is 1. The molecule has 2 amide bonds. The Morgan fingerprint density at radius 1 is 0.950 bits per heavy atom. The van der Waals surface area contributed by atoms with Gasteiger partial charge in [-0.05, 0) is 43.0 Å². The number of carbonyl (C=O) groups excluding carboxylic acids is 2. The molecule has 40 heavy (non-hydrogen) atoms. The SMILES string of the molecule is Cc1ccccc1C(=O)Nc1ccc(S(=O)(=O)N[C@@H]2CCN(C(=O)CN3CCNCC3)C[C@@H]2C)c2ccccc12. The highest BCUT2D eigenvalue weighted by Gasteiger charge is 2.33. The van der Waals surface area contributed by atoms with E-state index < -0.39 is 10.0 Å². The van der Waals surface area contributed by atoms with Crippen molar-refractivity contribution >= 4 is 38.3 Å². The van der Waals surface area contributed by atoms with Crippen molar-refractivity contribution in [2.75, 3.05) is 51.1 Å². The van der Waals surface area contributed by atoms with Gasteiger partial charge in [0.05, 0.1) is 11.4 Å². The first-order valence-corrected chi connectivity index (χ1v) is 15.3. The van der Waals surface area contributed by atoms with E-state index in [0.29, 0.717) is 48.1 Å². The molecule has 2 atom stereocenters. The van der Waals surface area contributed by atoms with Crippen molar-refractivity contribution in [2.45, 2.75) is 31.2 Å². The summed E-state index contributed by atoms with van der Waals surface area (Å²) < 4.78 is 30.2. The maximum atomic E-state index is 13.6. The molecule has 0 radical (unpaired) electrons. The number of nitrogens with one attached hydrogen (secondary N) is 3. The number of amides is 2. The minimum atomic E-state index is -3.87. The summed E-state index contributed by atoms with van der Waals surface area (Å²) in [5.74, 6) is -0.178. The lowest BCUT2D eigenvalue weighted by Gasteiger charge is -2.38. The summed E-state index contributed by atoms with van der Waals surface area (Å²) in [6.07, 6.45) is 0.552. The van der Waals surface area contributed by atoms with Gasteiger partial charge in [0.25, 0.3) is 5.91 Å². The van der Waals surface area contributed by atoms with E-state index in [4.69, 9.17) is 0 Å². The Kier molecular flexibility index (Phi) is 8.51. The first kappa shape index (κ1) is 28.2. The second kappa shape index (κ2) is 12.1. The van der Waals surface area contributed by atoms with Crippen molar-refractivity contribution in [3.05, 3.63) is 71.8 Å². The van der Waals surface area contributed by atoms with Crippen LogP contribution in [-0.4, -0.2) is 81.9 Å². The van der Waals surface area contributed by atoms with Crippen molar-refractivity contribution in [1.29, 1.82) is 0 Å². The molecule has 2 saturated heterocycles. The van der Waals surface area contributed by atoms with Crippen LogP contribution in [-0.2, 0) is 14.8 Å². The number of aryl methyl sites for hydroxylation is 1. The third kappa shape index (κ3) is 6.20. The van der Waals surface area contributed by atoms with Crippen LogP contribution in [0.2, 0.25) is 0 Å². The molecule has 2 aliphatic rings. The fourth-order valence-electron chi connectivity index (χ4n) is 5.60. The maximum absolute atomic E-state index is 13.6. The van der Waals surface area contributed by atoms with Crippen LogP contribution in [0.3, 0.4) is 0 Å². The van der Waals surface area contributed by atoms with Crippen molar-refractivity contribution in [3.63, 3.8) is 0 Å². The molecule has 0 spiro atoms. The Morgan fingerprint density at radius 2 is 1.65 bits per heavy atom. The summed E-state index contributed by atoms with van der Waals surface area (Å²) in [7, 11) is -3.87. The summed E-state index contributed by atoms with van der Waals surface area (Å²) in [4.78, 5) is 30.0. The van der Waals surface area contributed by atoms with Crippen LogP contribution in [0.5, 0.6) is 0 Å². The van der Waals surface area contributed by atoms with Crippen molar-refractivity contribution in [3.8, 4) is 0 Å². The van der Waals surface area contributed by atoms with Gasteiger partial charge in [-0.3, -0.25) is 14.5 Å². The van der Waals surface area contributed by atoms with Crippen LogP contribution in [0.25, 0.3) is 10.8 Å². The minimum Gasteiger partial charge on any atom is -0.341 e. The third-order valence-electron chi connectivity index (χ3n) is 7.94. The van der Waals surface area contributed by atoms with Crippen LogP contribution < -0.4 is 15.4 Å². The largest absolute Gasteiger partial charge is 0.341 e. The monoisotopic (exact) mass is 563 g/mol. The Hall–Kier alpha value is -3.31. The molecule has 0 bridgehead atoms. The molecule has 10 heteroatoms. The van der Waals surface area contributed by atoms with Crippen LogP contribution >= 0.6 is 0 Å². The quantitative estimate of drug-likeness (QED) is 0.408. The molecule has 0 aromatic heterocycles. The number of sulfonamides is 1. The number of anilines is 1. The molecule has 3 N–H and O–H groups in total. The fourth-order valence-corrected chi connectivity index (χ4v) is 7.19. The zero-order valence-corrected chi connectivity index (χ0v) is 23.8. The molecule has 0 aliphatic carbocycles. The summed E-state index contributed by atoms with van der Waals surface area (Å²) in [5, 5.41) is 7.43. The van der Waals surface area contributed by atoms with Crippen LogP contribution in [0.4, 0.5) is 5.69 Å². The zero-order valence-electron chi connectivity index (χ0n) is 23.0. The summed E-state index contributed by atoms with van der Waals surface area (Å²) in [5.41, 5.74) is 1.97. The number of piperazine rings is 1. The van der Waals surface area contributed by atoms with Crippen LogP contribution in [0, 0.1) is 12.8 Å². The highest BCUT2D eigenvalue weighted by molar-refractivity contribution is 7.89. The Labute approximate surface area is 236 Å². The average molecular weight is 564 g/mol. The maximum Gasteiger partial charge on any atom is 0.255 e. The summed E-state index contributed by atoms with van der Waals surface area (Å²) >= 11 is 0. The van der Waals surface area contributed by atoms with Crippen molar-refractivity contribution in [2.24, 2.45) is 5.92 Å². The van der Waals surface area contributed by atoms with Gasteiger partial charge in [-0.15, -0.1) is 0 Å². The molecule has 2 aliphatic heterocycles. The molecule has 9 nitrogen and oxygen atoms in total. The number of carbonyl (C=O) groups is 2. The average Bonchev–Trinajstić information content (AvgIpc) is 2.95. The second-order valence-corrected chi connectivity index (χ2v) is 12.5. The lowest BCUT2D eigenvalue weighted by molar-refractivity contribution is -0.134. The van der Waals surface area contributed by atoms with E-state index in [0.717, 1.165) is 31.7 Å². The van der Waals surface area contributed by atoms with Crippen molar-refractivity contribution < 1.29 is 18.0 Å². The molecule has 0 saturated carbocycles. The van der Waals surface area contributed by atoms with Gasteiger partial charge in [0, 0.05) is 67.3 Å². The van der Waals surface area contributed by atoms with Gasteiger partial charge in [-0.25, -0.2) is 13.1 Å². The standard InChI is InChI=1S/C30H37N5O4S/c1-21-7-3-4-8-23(21)30(37)32-27-11-12-28(25-10-6-5-9-24(25)27)40(38,39)33-26-13-16-35(19-22(26)2)29(36)20-34-17-14-31-15-18-34/h3-12,22,26,31,33H,13-20H2,1-2H3,(H,32,37)/t22-,26+/m0/s1. The van der Waals surface area contributed by atoms with E-state index in [1.54, 1.807) is 30.3 Å². The van der Waals surface area contributed by atoms with Crippen LogP contribution in [0.15, 0.2) is 65.6 Å². The molecular formula is C30H37N5O4S. The molecule has 2 heterocycles. The topological polar surface area (TPSA) is 111 Å². The zero-order chi connectivity index (χ0) is 28.3.